The predicted octanol–water partition coefficient (Wildman–Crippen LogP) is 1.26. The van der Waals surface area contributed by atoms with Crippen molar-refractivity contribution in [3.8, 4) is 0 Å². The molecule has 1 fully saturated rings. The molecule has 0 spiro atoms. The number of fused-ring (bicyclic) bond motifs is 1. The Balaban J connectivity index is 1.69. The van der Waals surface area contributed by atoms with Crippen molar-refractivity contribution in [2.45, 2.75) is 31.8 Å². The number of imidazole rings is 1. The summed E-state index contributed by atoms with van der Waals surface area (Å²) in [7, 11) is 0. The van der Waals surface area contributed by atoms with Gasteiger partial charge in [-0.05, 0) is 44.0 Å². The fraction of sp³-hybridized carbons (Fsp3) is 0.500. The lowest BCUT2D eigenvalue weighted by molar-refractivity contribution is 0.490. The lowest BCUT2D eigenvalue weighted by atomic mass is 10.1. The smallest absolute Gasteiger partial charge is 0.313 e. The zero-order valence-corrected chi connectivity index (χ0v) is 11.1. The molecular formula is C14H20N4O. The first-order chi connectivity index (χ1) is 9.22. The van der Waals surface area contributed by atoms with Crippen LogP contribution in [-0.4, -0.2) is 29.1 Å². The van der Waals surface area contributed by atoms with Crippen LogP contribution in [-0.2, 0) is 0 Å². The van der Waals surface area contributed by atoms with Crippen molar-refractivity contribution in [3.63, 3.8) is 0 Å². The standard InChI is InChI=1S/C14H20N4O/c1-9(16-8-11-3-2-6-15-11)10-4-5-12-13(7-10)18-14(19)17-12/h4-5,7,9,11,15-16H,2-3,6,8H2,1H3,(H2,17,18,19). The van der Waals surface area contributed by atoms with Gasteiger partial charge >= 0.3 is 5.69 Å². The van der Waals surface area contributed by atoms with E-state index in [1.54, 1.807) is 0 Å². The molecule has 1 aliphatic heterocycles. The molecule has 1 aromatic heterocycles. The molecule has 1 aromatic carbocycles. The molecule has 2 atom stereocenters. The number of hydrogen-bond acceptors (Lipinski definition) is 3. The molecule has 102 valence electrons. The first-order valence-corrected chi connectivity index (χ1v) is 6.91. The number of benzene rings is 1. The van der Waals surface area contributed by atoms with Crippen LogP contribution in [0.15, 0.2) is 23.0 Å². The van der Waals surface area contributed by atoms with E-state index in [4.69, 9.17) is 0 Å². The van der Waals surface area contributed by atoms with E-state index in [0.29, 0.717) is 6.04 Å². The average molecular weight is 260 g/mol. The Morgan fingerprint density at radius 2 is 2.21 bits per heavy atom. The van der Waals surface area contributed by atoms with E-state index in [9.17, 15) is 4.79 Å². The highest BCUT2D eigenvalue weighted by molar-refractivity contribution is 5.75. The molecule has 19 heavy (non-hydrogen) atoms. The Kier molecular flexibility index (Phi) is 3.40. The van der Waals surface area contributed by atoms with Crippen molar-refractivity contribution in [1.82, 2.24) is 20.6 Å². The number of hydrogen-bond donors (Lipinski definition) is 4. The topological polar surface area (TPSA) is 72.7 Å². The number of rotatable bonds is 4. The maximum atomic E-state index is 11.2. The van der Waals surface area contributed by atoms with Crippen molar-refractivity contribution in [1.29, 1.82) is 0 Å². The minimum Gasteiger partial charge on any atom is -0.313 e. The molecule has 0 radical (unpaired) electrons. The lowest BCUT2D eigenvalue weighted by Crippen LogP contribution is -2.35. The summed E-state index contributed by atoms with van der Waals surface area (Å²) in [6.07, 6.45) is 2.53. The Labute approximate surface area is 111 Å². The van der Waals surface area contributed by atoms with Crippen molar-refractivity contribution >= 4 is 11.0 Å². The number of aromatic amines is 2. The fourth-order valence-corrected chi connectivity index (χ4v) is 2.69. The van der Waals surface area contributed by atoms with E-state index >= 15 is 0 Å². The fourth-order valence-electron chi connectivity index (χ4n) is 2.69. The summed E-state index contributed by atoms with van der Waals surface area (Å²) < 4.78 is 0. The number of H-pyrrole nitrogens is 2. The molecule has 0 aliphatic carbocycles. The van der Waals surface area contributed by atoms with Crippen LogP contribution in [0.3, 0.4) is 0 Å². The van der Waals surface area contributed by atoms with Gasteiger partial charge in [-0.25, -0.2) is 4.79 Å². The molecule has 2 unspecified atom stereocenters. The number of aromatic nitrogens is 2. The zero-order chi connectivity index (χ0) is 13.2. The first kappa shape index (κ1) is 12.4. The first-order valence-electron chi connectivity index (χ1n) is 6.91. The Bertz CT molecular complexity index is 609. The van der Waals surface area contributed by atoms with Gasteiger partial charge < -0.3 is 20.6 Å². The van der Waals surface area contributed by atoms with Gasteiger partial charge in [-0.1, -0.05) is 6.07 Å². The highest BCUT2D eigenvalue weighted by Gasteiger charge is 2.15. The Morgan fingerprint density at radius 3 is 3.00 bits per heavy atom. The quantitative estimate of drug-likeness (QED) is 0.668. The van der Waals surface area contributed by atoms with Crippen molar-refractivity contribution in [3.05, 3.63) is 34.2 Å². The van der Waals surface area contributed by atoms with Crippen LogP contribution in [0, 0.1) is 0 Å². The van der Waals surface area contributed by atoms with E-state index in [1.807, 2.05) is 12.1 Å². The molecule has 0 amide bonds. The molecule has 1 aliphatic rings. The molecular weight excluding hydrogens is 240 g/mol. The SMILES string of the molecule is CC(NCC1CCCN1)c1ccc2[nH]c(=O)[nH]c2c1. The molecule has 0 saturated carbocycles. The molecule has 4 N–H and O–H groups in total. The highest BCUT2D eigenvalue weighted by Crippen LogP contribution is 2.17. The van der Waals surface area contributed by atoms with Crippen LogP contribution in [0.25, 0.3) is 11.0 Å². The van der Waals surface area contributed by atoms with Crippen LogP contribution in [0.4, 0.5) is 0 Å². The van der Waals surface area contributed by atoms with Gasteiger partial charge in [0.2, 0.25) is 0 Å². The summed E-state index contributed by atoms with van der Waals surface area (Å²) in [6.45, 7) is 4.28. The minimum absolute atomic E-state index is 0.150. The third kappa shape index (κ3) is 2.72. The molecule has 5 heteroatoms. The Morgan fingerprint density at radius 1 is 1.37 bits per heavy atom. The third-order valence-electron chi connectivity index (χ3n) is 3.87. The van der Waals surface area contributed by atoms with Gasteiger partial charge in [0.05, 0.1) is 11.0 Å². The number of nitrogens with one attached hydrogen (secondary N) is 4. The normalized spacial score (nSPS) is 21.0. The van der Waals surface area contributed by atoms with Gasteiger partial charge in [-0.15, -0.1) is 0 Å². The van der Waals surface area contributed by atoms with E-state index in [0.717, 1.165) is 24.1 Å². The van der Waals surface area contributed by atoms with Gasteiger partial charge in [0, 0.05) is 18.6 Å². The highest BCUT2D eigenvalue weighted by atomic mass is 16.1. The van der Waals surface area contributed by atoms with Gasteiger partial charge in [0.1, 0.15) is 0 Å². The summed E-state index contributed by atoms with van der Waals surface area (Å²) >= 11 is 0. The third-order valence-corrected chi connectivity index (χ3v) is 3.87. The summed E-state index contributed by atoms with van der Waals surface area (Å²) in [5.41, 5.74) is 2.78. The largest absolute Gasteiger partial charge is 0.323 e. The molecule has 1 saturated heterocycles. The van der Waals surface area contributed by atoms with Gasteiger partial charge in [0.15, 0.2) is 0 Å². The van der Waals surface area contributed by atoms with Crippen LogP contribution >= 0.6 is 0 Å². The Hall–Kier alpha value is -1.59. The zero-order valence-electron chi connectivity index (χ0n) is 11.1. The molecule has 0 bridgehead atoms. The van der Waals surface area contributed by atoms with Crippen molar-refractivity contribution in [2.75, 3.05) is 13.1 Å². The van der Waals surface area contributed by atoms with Crippen molar-refractivity contribution in [2.24, 2.45) is 0 Å². The van der Waals surface area contributed by atoms with Crippen LogP contribution in [0.1, 0.15) is 31.4 Å². The minimum atomic E-state index is -0.150. The molecule has 3 rings (SSSR count). The van der Waals surface area contributed by atoms with E-state index in [2.05, 4.69) is 33.6 Å². The van der Waals surface area contributed by atoms with Gasteiger partial charge in [-0.3, -0.25) is 0 Å². The molecule has 5 nitrogen and oxygen atoms in total. The summed E-state index contributed by atoms with van der Waals surface area (Å²) in [4.78, 5) is 16.8. The maximum absolute atomic E-state index is 11.2. The van der Waals surface area contributed by atoms with Crippen molar-refractivity contribution < 1.29 is 0 Å². The maximum Gasteiger partial charge on any atom is 0.323 e. The van der Waals surface area contributed by atoms with E-state index in [1.165, 1.54) is 18.4 Å². The average Bonchev–Trinajstić information content (AvgIpc) is 3.02. The van der Waals surface area contributed by atoms with Gasteiger partial charge in [0.25, 0.3) is 0 Å². The predicted molar refractivity (Wildman–Crippen MR) is 76.4 cm³/mol. The summed E-state index contributed by atoms with van der Waals surface area (Å²) in [5, 5.41) is 7.03. The molecule has 2 heterocycles. The van der Waals surface area contributed by atoms with E-state index in [-0.39, 0.29) is 11.7 Å². The second-order valence-electron chi connectivity index (χ2n) is 5.31. The molecule has 2 aromatic rings. The second kappa shape index (κ2) is 5.19. The second-order valence-corrected chi connectivity index (χ2v) is 5.31. The van der Waals surface area contributed by atoms with E-state index < -0.39 is 0 Å². The monoisotopic (exact) mass is 260 g/mol. The van der Waals surface area contributed by atoms with Crippen LogP contribution < -0.4 is 16.3 Å². The van der Waals surface area contributed by atoms with Crippen LogP contribution in [0.5, 0.6) is 0 Å². The summed E-state index contributed by atoms with van der Waals surface area (Å²) in [5.74, 6) is 0. The lowest BCUT2D eigenvalue weighted by Gasteiger charge is -2.17. The summed E-state index contributed by atoms with van der Waals surface area (Å²) in [6, 6.07) is 6.93. The van der Waals surface area contributed by atoms with Crippen LogP contribution in [0.2, 0.25) is 0 Å². The van der Waals surface area contributed by atoms with Gasteiger partial charge in [-0.2, -0.15) is 0 Å².